The molecule has 0 N–H and O–H groups in total. The van der Waals surface area contributed by atoms with Gasteiger partial charge in [0.05, 0.1) is 0 Å². The van der Waals surface area contributed by atoms with Gasteiger partial charge in [0.15, 0.2) is 0 Å². The Balaban J connectivity index is 2.46. The van der Waals surface area contributed by atoms with Crippen LogP contribution in [0, 0.1) is 0 Å². The summed E-state index contributed by atoms with van der Waals surface area (Å²) in [4.78, 5) is 8.15. The smallest absolute Gasteiger partial charge is 0.0266 e. The Labute approximate surface area is 64.9 Å². The van der Waals surface area contributed by atoms with E-state index in [4.69, 9.17) is 0 Å². The minimum atomic E-state index is 0.797. The van der Waals surface area contributed by atoms with Crippen molar-refractivity contribution in [1.29, 1.82) is 0 Å². The molecule has 0 saturated heterocycles. The van der Waals surface area contributed by atoms with E-state index in [2.05, 4.69) is 9.97 Å². The zero-order valence-electron chi connectivity index (χ0n) is 5.94. The van der Waals surface area contributed by atoms with Crippen molar-refractivity contribution < 1.29 is 0 Å². The first-order valence-corrected chi connectivity index (χ1v) is 3.46. The summed E-state index contributed by atoms with van der Waals surface area (Å²) in [5.41, 5.74) is 1.07. The molecule has 1 aromatic carbocycles. The van der Waals surface area contributed by atoms with Gasteiger partial charge in [-0.2, -0.15) is 0 Å². The molecule has 0 aliphatic carbocycles. The molecule has 0 fully saturated rings. The van der Waals surface area contributed by atoms with Gasteiger partial charge in [-0.3, -0.25) is 0 Å². The quantitative estimate of drug-likeness (QED) is 0.607. The van der Waals surface area contributed by atoms with E-state index in [0.717, 1.165) is 11.4 Å². The van der Waals surface area contributed by atoms with E-state index in [0.29, 0.717) is 0 Å². The number of aromatic nitrogens is 2. The van der Waals surface area contributed by atoms with Crippen molar-refractivity contribution in [3.63, 3.8) is 0 Å². The van der Waals surface area contributed by atoms with Gasteiger partial charge < -0.3 is 9.97 Å². The van der Waals surface area contributed by atoms with Crippen molar-refractivity contribution in [2.75, 3.05) is 0 Å². The van der Waals surface area contributed by atoms with Crippen molar-refractivity contribution in [3.05, 3.63) is 42.7 Å². The predicted molar refractivity (Wildman–Crippen MR) is 43.0 cm³/mol. The largest absolute Gasteiger partial charge is 0.442 e. The van der Waals surface area contributed by atoms with Gasteiger partial charge in [0, 0.05) is 0 Å². The number of imidazole rings is 1. The summed E-state index contributed by atoms with van der Waals surface area (Å²) in [6.45, 7) is 0. The normalized spacial score (nSPS) is 9.82. The van der Waals surface area contributed by atoms with Gasteiger partial charge >= 0.3 is 0 Å². The lowest BCUT2D eigenvalue weighted by Crippen LogP contribution is -1.79. The van der Waals surface area contributed by atoms with Gasteiger partial charge in [0.1, 0.15) is 0 Å². The van der Waals surface area contributed by atoms with Gasteiger partial charge in [0.2, 0.25) is 0 Å². The van der Waals surface area contributed by atoms with E-state index in [9.17, 15) is 0 Å². The Kier molecular flexibility index (Phi) is 1.44. The number of hydrogen-bond donors (Lipinski definition) is 0. The van der Waals surface area contributed by atoms with Crippen LogP contribution >= 0.6 is 0 Å². The van der Waals surface area contributed by atoms with Gasteiger partial charge in [-0.25, -0.2) is 0 Å². The predicted octanol–water partition coefficient (Wildman–Crippen LogP) is 1.71. The molecule has 2 rings (SSSR count). The summed E-state index contributed by atoms with van der Waals surface area (Å²) >= 11 is 0. The third-order valence-corrected chi connectivity index (χ3v) is 1.49. The summed E-state index contributed by atoms with van der Waals surface area (Å²) < 4.78 is 0. The van der Waals surface area contributed by atoms with Crippen molar-refractivity contribution in [1.82, 2.24) is 9.97 Å². The Bertz CT molecular complexity index is 311. The highest BCUT2D eigenvalue weighted by Crippen LogP contribution is 2.11. The lowest BCUT2D eigenvalue weighted by Gasteiger charge is -2.01. The molecule has 0 aliphatic heterocycles. The molecule has 11 heavy (non-hydrogen) atoms. The molecule has 0 atom stereocenters. The van der Waals surface area contributed by atoms with Crippen LogP contribution < -0.4 is 4.98 Å². The van der Waals surface area contributed by atoms with Crippen LogP contribution in [0.25, 0.3) is 11.4 Å². The summed E-state index contributed by atoms with van der Waals surface area (Å²) in [5, 5.41) is 0. The fourth-order valence-corrected chi connectivity index (χ4v) is 0.977. The Morgan fingerprint density at radius 1 is 1.09 bits per heavy atom. The molecule has 0 bridgehead atoms. The SMILES string of the molecule is c1ccc(-c2ncc[n-]2)cc1. The standard InChI is InChI=1S/C9H7N2/c1-2-4-8(5-3-1)9-10-6-7-11-9/h1-7H/q-1. The van der Waals surface area contributed by atoms with E-state index in [1.54, 1.807) is 12.4 Å². The van der Waals surface area contributed by atoms with Crippen LogP contribution in [0.5, 0.6) is 0 Å². The highest BCUT2D eigenvalue weighted by molar-refractivity contribution is 5.53. The first-order chi connectivity index (χ1) is 5.47. The second kappa shape index (κ2) is 2.58. The second-order valence-electron chi connectivity index (χ2n) is 2.25. The molecule has 0 saturated carbocycles. The van der Waals surface area contributed by atoms with Gasteiger partial charge in [-0.05, 0) is 5.56 Å². The molecule has 1 heterocycles. The first kappa shape index (κ1) is 6.16. The average Bonchev–Trinajstić information content (AvgIpc) is 2.58. The van der Waals surface area contributed by atoms with E-state index in [-0.39, 0.29) is 0 Å². The third kappa shape index (κ3) is 1.15. The molecule has 0 spiro atoms. The minimum Gasteiger partial charge on any atom is -0.442 e. The molecule has 2 nitrogen and oxygen atoms in total. The highest BCUT2D eigenvalue weighted by atomic mass is 14.9. The second-order valence-corrected chi connectivity index (χ2v) is 2.25. The van der Waals surface area contributed by atoms with Crippen LogP contribution in [0.4, 0.5) is 0 Å². The summed E-state index contributed by atoms with van der Waals surface area (Å²) in [6.07, 6.45) is 3.39. The first-order valence-electron chi connectivity index (χ1n) is 3.46. The molecular formula is C9H7N2-. The van der Waals surface area contributed by atoms with E-state index in [1.165, 1.54) is 0 Å². The van der Waals surface area contributed by atoms with Gasteiger partial charge in [0.25, 0.3) is 0 Å². The van der Waals surface area contributed by atoms with Gasteiger partial charge in [-0.15, -0.1) is 0 Å². The topological polar surface area (TPSA) is 27.0 Å². The van der Waals surface area contributed by atoms with E-state index < -0.39 is 0 Å². The minimum absolute atomic E-state index is 0.797. The van der Waals surface area contributed by atoms with Crippen LogP contribution in [-0.4, -0.2) is 4.98 Å². The van der Waals surface area contributed by atoms with Crippen LogP contribution in [0.1, 0.15) is 0 Å². The monoisotopic (exact) mass is 143 g/mol. The lowest BCUT2D eigenvalue weighted by molar-refractivity contribution is 1.29. The maximum absolute atomic E-state index is 4.08. The highest BCUT2D eigenvalue weighted by Gasteiger charge is 1.86. The lowest BCUT2D eigenvalue weighted by atomic mass is 10.2. The van der Waals surface area contributed by atoms with Crippen LogP contribution in [0.2, 0.25) is 0 Å². The zero-order chi connectivity index (χ0) is 7.52. The zero-order valence-corrected chi connectivity index (χ0v) is 5.94. The fourth-order valence-electron chi connectivity index (χ4n) is 0.977. The molecule has 0 radical (unpaired) electrons. The summed E-state index contributed by atoms with van der Waals surface area (Å²) in [6, 6.07) is 9.93. The Morgan fingerprint density at radius 2 is 1.91 bits per heavy atom. The van der Waals surface area contributed by atoms with E-state index in [1.807, 2.05) is 30.3 Å². The fraction of sp³-hybridized carbons (Fsp3) is 0. The number of nitrogens with zero attached hydrogens (tertiary/aromatic N) is 2. The molecule has 54 valence electrons. The van der Waals surface area contributed by atoms with Crippen molar-refractivity contribution in [3.8, 4) is 11.4 Å². The van der Waals surface area contributed by atoms with Crippen LogP contribution in [0.3, 0.4) is 0 Å². The molecule has 2 aromatic rings. The van der Waals surface area contributed by atoms with Gasteiger partial charge in [-0.1, -0.05) is 48.5 Å². The molecule has 0 aliphatic rings. The molecule has 0 amide bonds. The molecule has 2 heteroatoms. The maximum atomic E-state index is 4.08. The maximum Gasteiger partial charge on any atom is -0.0266 e. The summed E-state index contributed by atoms with van der Waals surface area (Å²) in [5.74, 6) is 0.797. The summed E-state index contributed by atoms with van der Waals surface area (Å²) in [7, 11) is 0. The number of rotatable bonds is 1. The van der Waals surface area contributed by atoms with Crippen LogP contribution in [0.15, 0.2) is 42.7 Å². The van der Waals surface area contributed by atoms with Crippen molar-refractivity contribution >= 4 is 0 Å². The van der Waals surface area contributed by atoms with Crippen molar-refractivity contribution in [2.24, 2.45) is 0 Å². The van der Waals surface area contributed by atoms with E-state index >= 15 is 0 Å². The molecule has 0 unspecified atom stereocenters. The molecular weight excluding hydrogens is 136 g/mol. The Hall–Kier alpha value is -1.57. The molecule has 1 aromatic heterocycles. The van der Waals surface area contributed by atoms with Crippen LogP contribution in [-0.2, 0) is 0 Å². The third-order valence-electron chi connectivity index (χ3n) is 1.49. The number of benzene rings is 1. The average molecular weight is 143 g/mol. The number of hydrogen-bond acceptors (Lipinski definition) is 1. The Morgan fingerprint density at radius 3 is 2.55 bits per heavy atom. The van der Waals surface area contributed by atoms with Crippen molar-refractivity contribution in [2.45, 2.75) is 0 Å².